The quantitative estimate of drug-likeness (QED) is 0.791. The lowest BCUT2D eigenvalue weighted by atomic mass is 10.3. The Hall–Kier alpha value is -0.890. The number of anilines is 1. The fourth-order valence-corrected chi connectivity index (χ4v) is 3.74. The zero-order valence-corrected chi connectivity index (χ0v) is 10.9. The van der Waals surface area contributed by atoms with Gasteiger partial charge in [0.05, 0.1) is 11.8 Å². The Bertz CT molecular complexity index is 579. The number of hydrogen-bond acceptors (Lipinski definition) is 4. The molecule has 1 aromatic carbocycles. The molecule has 3 N–H and O–H groups in total. The van der Waals surface area contributed by atoms with Gasteiger partial charge >= 0.3 is 0 Å². The van der Waals surface area contributed by atoms with Gasteiger partial charge in [0, 0.05) is 18.1 Å². The van der Waals surface area contributed by atoms with Crippen LogP contribution in [0.3, 0.4) is 0 Å². The van der Waals surface area contributed by atoms with Crippen molar-refractivity contribution in [3.05, 3.63) is 23.0 Å². The van der Waals surface area contributed by atoms with Crippen molar-refractivity contribution in [1.82, 2.24) is 4.31 Å². The Kier molecular flexibility index (Phi) is 3.50. The maximum atomic E-state index is 13.8. The molecule has 1 saturated heterocycles. The molecular formula is C10H12ClFN2O3S. The van der Waals surface area contributed by atoms with E-state index in [1.54, 1.807) is 0 Å². The van der Waals surface area contributed by atoms with Gasteiger partial charge in [-0.3, -0.25) is 0 Å². The molecule has 5 nitrogen and oxygen atoms in total. The molecule has 8 heteroatoms. The minimum atomic E-state index is -4.01. The van der Waals surface area contributed by atoms with Crippen LogP contribution in [-0.4, -0.2) is 37.0 Å². The van der Waals surface area contributed by atoms with Crippen LogP contribution in [0.15, 0.2) is 17.0 Å². The van der Waals surface area contributed by atoms with E-state index in [4.69, 9.17) is 17.3 Å². The first-order valence-electron chi connectivity index (χ1n) is 5.25. The molecule has 1 aliphatic heterocycles. The SMILES string of the molecule is Nc1cc(Cl)cc(S(=O)(=O)N2CC[C@@H](O)C2)c1F. The monoisotopic (exact) mass is 294 g/mol. The molecule has 0 radical (unpaired) electrons. The number of nitrogens with two attached hydrogens (primary N) is 1. The highest BCUT2D eigenvalue weighted by atomic mass is 35.5. The summed E-state index contributed by atoms with van der Waals surface area (Å²) in [7, 11) is -4.01. The maximum absolute atomic E-state index is 13.8. The number of rotatable bonds is 2. The number of nitrogen functional groups attached to an aromatic ring is 1. The number of β-amino-alcohol motifs (C(OH)–C–C–N with tert-alkyl or cyclic N) is 1. The number of aliphatic hydroxyl groups excluding tert-OH is 1. The second-order valence-electron chi connectivity index (χ2n) is 4.11. The molecule has 2 rings (SSSR count). The Labute approximate surface area is 109 Å². The molecule has 1 heterocycles. The molecule has 0 spiro atoms. The molecule has 0 bridgehead atoms. The largest absolute Gasteiger partial charge is 0.396 e. The molecule has 1 aromatic rings. The standard InChI is InChI=1S/C10H12ClFN2O3S/c11-6-3-8(13)10(12)9(4-6)18(16,17)14-2-1-7(15)5-14/h3-4,7,15H,1-2,5,13H2/t7-/m1/s1. The number of hydrogen-bond donors (Lipinski definition) is 2. The number of nitrogens with zero attached hydrogens (tertiary/aromatic N) is 1. The summed E-state index contributed by atoms with van der Waals surface area (Å²) < 4.78 is 39.1. The van der Waals surface area contributed by atoms with Crippen LogP contribution in [0.5, 0.6) is 0 Å². The summed E-state index contributed by atoms with van der Waals surface area (Å²) in [6, 6.07) is 2.17. The molecule has 0 aliphatic carbocycles. The first-order valence-corrected chi connectivity index (χ1v) is 7.07. The minimum Gasteiger partial charge on any atom is -0.396 e. The summed E-state index contributed by atoms with van der Waals surface area (Å²) in [6.45, 7) is 0.101. The van der Waals surface area contributed by atoms with Crippen LogP contribution in [-0.2, 0) is 10.0 Å². The number of aliphatic hydroxyl groups is 1. The van der Waals surface area contributed by atoms with E-state index in [-0.39, 0.29) is 23.8 Å². The van der Waals surface area contributed by atoms with E-state index in [1.807, 2.05) is 0 Å². The van der Waals surface area contributed by atoms with Gasteiger partial charge in [0.1, 0.15) is 4.90 Å². The average Bonchev–Trinajstić information content (AvgIpc) is 2.70. The second-order valence-corrected chi connectivity index (χ2v) is 6.46. The third-order valence-corrected chi connectivity index (χ3v) is 4.86. The molecule has 0 amide bonds. The van der Waals surface area contributed by atoms with Crippen LogP contribution in [0, 0.1) is 5.82 Å². The Morgan fingerprint density at radius 2 is 2.17 bits per heavy atom. The smallest absolute Gasteiger partial charge is 0.246 e. The van der Waals surface area contributed by atoms with Crippen LogP contribution < -0.4 is 5.73 Å². The molecule has 18 heavy (non-hydrogen) atoms. The highest BCUT2D eigenvalue weighted by Crippen LogP contribution is 2.29. The number of benzene rings is 1. The Balaban J connectivity index is 2.48. The van der Waals surface area contributed by atoms with Crippen LogP contribution in [0.2, 0.25) is 5.02 Å². The van der Waals surface area contributed by atoms with Gasteiger partial charge in [-0.05, 0) is 18.6 Å². The summed E-state index contributed by atoms with van der Waals surface area (Å²) >= 11 is 5.68. The van der Waals surface area contributed by atoms with Crippen molar-refractivity contribution in [1.29, 1.82) is 0 Å². The van der Waals surface area contributed by atoms with Crippen molar-refractivity contribution in [3.8, 4) is 0 Å². The lowest BCUT2D eigenvalue weighted by Gasteiger charge is -2.17. The van der Waals surface area contributed by atoms with E-state index < -0.39 is 26.8 Å². The molecule has 1 aliphatic rings. The molecule has 1 atom stereocenters. The Morgan fingerprint density at radius 3 is 2.72 bits per heavy atom. The number of halogens is 2. The van der Waals surface area contributed by atoms with Crippen molar-refractivity contribution in [3.63, 3.8) is 0 Å². The molecule has 0 unspecified atom stereocenters. The van der Waals surface area contributed by atoms with Gasteiger partial charge < -0.3 is 10.8 Å². The lowest BCUT2D eigenvalue weighted by Crippen LogP contribution is -2.30. The van der Waals surface area contributed by atoms with Gasteiger partial charge in [0.25, 0.3) is 0 Å². The van der Waals surface area contributed by atoms with Gasteiger partial charge in [0.2, 0.25) is 10.0 Å². The summed E-state index contributed by atoms with van der Waals surface area (Å²) in [5.41, 5.74) is 5.03. The Morgan fingerprint density at radius 1 is 1.50 bits per heavy atom. The lowest BCUT2D eigenvalue weighted by molar-refractivity contribution is 0.189. The summed E-state index contributed by atoms with van der Waals surface area (Å²) in [6.07, 6.45) is -0.393. The summed E-state index contributed by atoms with van der Waals surface area (Å²) in [5, 5.41) is 9.39. The first kappa shape index (κ1) is 13.5. The van der Waals surface area contributed by atoms with Crippen molar-refractivity contribution >= 4 is 27.3 Å². The second kappa shape index (κ2) is 4.65. The highest BCUT2D eigenvalue weighted by molar-refractivity contribution is 7.89. The predicted molar refractivity (Wildman–Crippen MR) is 65.2 cm³/mol. The molecular weight excluding hydrogens is 283 g/mol. The van der Waals surface area contributed by atoms with Crippen LogP contribution in [0.4, 0.5) is 10.1 Å². The van der Waals surface area contributed by atoms with Gasteiger partial charge in [-0.1, -0.05) is 11.6 Å². The van der Waals surface area contributed by atoms with E-state index in [9.17, 15) is 17.9 Å². The van der Waals surface area contributed by atoms with E-state index in [0.717, 1.165) is 16.4 Å². The van der Waals surface area contributed by atoms with E-state index in [1.165, 1.54) is 0 Å². The molecule has 0 saturated carbocycles. The van der Waals surface area contributed by atoms with Crippen molar-refractivity contribution < 1.29 is 17.9 Å². The minimum absolute atomic E-state index is 0.0474. The van der Waals surface area contributed by atoms with Gasteiger partial charge in [-0.25, -0.2) is 12.8 Å². The van der Waals surface area contributed by atoms with Crippen molar-refractivity contribution in [2.45, 2.75) is 17.4 Å². The predicted octanol–water partition coefficient (Wildman–Crippen LogP) is 0.817. The van der Waals surface area contributed by atoms with Crippen LogP contribution in [0.1, 0.15) is 6.42 Å². The van der Waals surface area contributed by atoms with Gasteiger partial charge in [0.15, 0.2) is 5.82 Å². The highest BCUT2D eigenvalue weighted by Gasteiger charge is 2.34. The molecule has 0 aromatic heterocycles. The zero-order valence-electron chi connectivity index (χ0n) is 9.31. The zero-order chi connectivity index (χ0) is 13.5. The summed E-state index contributed by atoms with van der Waals surface area (Å²) in [5.74, 6) is -1.01. The van der Waals surface area contributed by atoms with E-state index in [0.29, 0.717) is 6.42 Å². The molecule has 1 fully saturated rings. The average molecular weight is 295 g/mol. The third-order valence-electron chi connectivity index (χ3n) is 2.78. The van der Waals surface area contributed by atoms with Crippen molar-refractivity contribution in [2.75, 3.05) is 18.8 Å². The van der Waals surface area contributed by atoms with E-state index in [2.05, 4.69) is 0 Å². The van der Waals surface area contributed by atoms with Crippen LogP contribution in [0.25, 0.3) is 0 Å². The van der Waals surface area contributed by atoms with E-state index >= 15 is 0 Å². The summed E-state index contributed by atoms with van der Waals surface area (Å²) in [4.78, 5) is -0.554. The fraction of sp³-hybridized carbons (Fsp3) is 0.400. The van der Waals surface area contributed by atoms with Gasteiger partial charge in [-0.15, -0.1) is 0 Å². The maximum Gasteiger partial charge on any atom is 0.246 e. The third kappa shape index (κ3) is 2.31. The van der Waals surface area contributed by atoms with Gasteiger partial charge in [-0.2, -0.15) is 4.31 Å². The fourth-order valence-electron chi connectivity index (χ4n) is 1.84. The first-order chi connectivity index (χ1) is 8.32. The molecule has 100 valence electrons. The normalized spacial score (nSPS) is 21.4. The topological polar surface area (TPSA) is 83.6 Å². The van der Waals surface area contributed by atoms with Crippen molar-refractivity contribution in [2.24, 2.45) is 0 Å². The number of sulfonamides is 1. The van der Waals surface area contributed by atoms with Crippen LogP contribution >= 0.6 is 11.6 Å².